The number of hydrogen-bond acceptors (Lipinski definition) is 2. The largest absolute Gasteiger partial charge is 0.538 e. The van der Waals surface area contributed by atoms with Crippen molar-refractivity contribution in [1.29, 1.82) is 0 Å². The van der Waals surface area contributed by atoms with E-state index < -0.39 is 0 Å². The van der Waals surface area contributed by atoms with Crippen LogP contribution in [0.3, 0.4) is 0 Å². The van der Waals surface area contributed by atoms with Crippen LogP contribution in [0.1, 0.15) is 52.7 Å². The first-order valence-corrected chi connectivity index (χ1v) is 7.45. The van der Waals surface area contributed by atoms with Gasteiger partial charge in [0.05, 0.1) is 0 Å². The van der Waals surface area contributed by atoms with Crippen LogP contribution >= 0.6 is 0 Å². The Kier molecular flexibility index (Phi) is 4.07. The molecule has 0 radical (unpaired) electrons. The quantitative estimate of drug-likeness (QED) is 0.842. The molecule has 2 aromatic rings. The van der Waals surface area contributed by atoms with E-state index in [9.17, 15) is 5.02 Å². The van der Waals surface area contributed by atoms with Gasteiger partial charge in [-0.25, -0.2) is 0 Å². The number of benzene rings is 2. The molecule has 21 heavy (non-hydrogen) atoms. The van der Waals surface area contributed by atoms with Crippen molar-refractivity contribution in [1.82, 2.24) is 0 Å². The third-order valence-corrected chi connectivity index (χ3v) is 3.87. The molecule has 2 rings (SSSR count). The van der Waals surface area contributed by atoms with Gasteiger partial charge in [0.1, 0.15) is 5.75 Å². The average Bonchev–Trinajstić information content (AvgIpc) is 2.36. The maximum atomic E-state index is 9.18. The summed E-state index contributed by atoms with van der Waals surface area (Å²) in [6.45, 7) is 13.1. The average molecular weight is 284 g/mol. The third-order valence-electron chi connectivity index (χ3n) is 3.87. The zero-order valence-corrected chi connectivity index (χ0v) is 13.9. The van der Waals surface area contributed by atoms with Crippen LogP contribution in [0.2, 0.25) is 0 Å². The molecule has 0 amide bonds. The fraction of sp³-hybridized carbons (Fsp3) is 0.444. The molecule has 0 heterocycles. The molecule has 2 aromatic carbocycles. The minimum Gasteiger partial charge on any atom is -0.538 e. The van der Waals surface area contributed by atoms with E-state index in [1.165, 1.54) is 11.1 Å². The first kappa shape index (κ1) is 15.9. The molecule has 2 nitrogen and oxygen atoms in total. The Morgan fingerprint density at radius 1 is 0.857 bits per heavy atom. The van der Waals surface area contributed by atoms with Gasteiger partial charge in [-0.05, 0) is 39.5 Å². The van der Waals surface area contributed by atoms with Gasteiger partial charge in [-0.15, -0.1) is 0 Å². The molecule has 0 saturated carbocycles. The molecular formula is C18H25BO2. The van der Waals surface area contributed by atoms with E-state index in [4.69, 9.17) is 4.65 Å². The summed E-state index contributed by atoms with van der Waals surface area (Å²) in [5.41, 5.74) is 2.61. The summed E-state index contributed by atoms with van der Waals surface area (Å²) >= 11 is 0. The lowest BCUT2D eigenvalue weighted by atomic mass is 9.83. The topological polar surface area (TPSA) is 29.5 Å². The van der Waals surface area contributed by atoms with Crippen LogP contribution in [0, 0.1) is 0 Å². The Hall–Kier alpha value is -1.48. The van der Waals surface area contributed by atoms with Gasteiger partial charge in [0, 0.05) is 5.39 Å². The normalized spacial score (nSPS) is 12.5. The van der Waals surface area contributed by atoms with Crippen LogP contribution in [0.5, 0.6) is 5.75 Å². The molecule has 0 unspecified atom stereocenters. The van der Waals surface area contributed by atoms with Crippen molar-refractivity contribution < 1.29 is 9.68 Å². The molecule has 0 spiro atoms. The molecule has 0 atom stereocenters. The van der Waals surface area contributed by atoms with E-state index in [0.29, 0.717) is 0 Å². The van der Waals surface area contributed by atoms with E-state index in [2.05, 4.69) is 65.8 Å². The van der Waals surface area contributed by atoms with Crippen molar-refractivity contribution in [2.75, 3.05) is 0 Å². The fourth-order valence-electron chi connectivity index (χ4n) is 2.41. The van der Waals surface area contributed by atoms with Crippen LogP contribution in [-0.2, 0) is 10.8 Å². The van der Waals surface area contributed by atoms with E-state index in [1.807, 2.05) is 6.07 Å². The van der Waals surface area contributed by atoms with Gasteiger partial charge in [-0.1, -0.05) is 59.7 Å². The van der Waals surface area contributed by atoms with Gasteiger partial charge < -0.3 is 9.68 Å². The zero-order chi connectivity index (χ0) is 15.8. The summed E-state index contributed by atoms with van der Waals surface area (Å²) in [6.07, 6.45) is 0. The maximum Gasteiger partial charge on any atom is 0.504 e. The predicted octanol–water partition coefficient (Wildman–Crippen LogP) is 4.07. The highest BCUT2D eigenvalue weighted by atomic mass is 16.5. The Labute approximate surface area is 128 Å². The van der Waals surface area contributed by atoms with Crippen molar-refractivity contribution in [3.8, 4) is 5.75 Å². The molecule has 112 valence electrons. The molecular weight excluding hydrogens is 259 g/mol. The van der Waals surface area contributed by atoms with Crippen molar-refractivity contribution in [2.24, 2.45) is 0 Å². The van der Waals surface area contributed by atoms with E-state index in [-0.39, 0.29) is 18.5 Å². The molecule has 0 bridgehead atoms. The third kappa shape index (κ3) is 3.41. The standard InChI is InChI=1S/C18H25BO2/c1-17(2,3)13-8-7-12-9-14(18(4,5)6)11-16(21-19-20)15(12)10-13/h7-11,19-20H,1-6H3. The van der Waals surface area contributed by atoms with Crippen LogP contribution < -0.4 is 4.65 Å². The monoisotopic (exact) mass is 284 g/mol. The SMILES string of the molecule is CC(C)(C)c1cc(OBO)c2cc(C(C)(C)C)ccc2c1. The molecule has 0 aliphatic heterocycles. The Morgan fingerprint density at radius 2 is 1.48 bits per heavy atom. The highest BCUT2D eigenvalue weighted by Crippen LogP contribution is 2.35. The van der Waals surface area contributed by atoms with Crippen LogP contribution in [0.4, 0.5) is 0 Å². The highest BCUT2D eigenvalue weighted by molar-refractivity contribution is 6.18. The summed E-state index contributed by atoms with van der Waals surface area (Å²) < 4.78 is 5.48. The van der Waals surface area contributed by atoms with Crippen LogP contribution in [0.15, 0.2) is 30.3 Å². The number of rotatable bonds is 2. The van der Waals surface area contributed by atoms with E-state index in [1.54, 1.807) is 0 Å². The summed E-state index contributed by atoms with van der Waals surface area (Å²) in [5, 5.41) is 11.4. The Morgan fingerprint density at radius 3 is 2.00 bits per heavy atom. The number of fused-ring (bicyclic) bond motifs is 1. The first-order valence-electron chi connectivity index (χ1n) is 7.45. The zero-order valence-electron chi connectivity index (χ0n) is 13.9. The van der Waals surface area contributed by atoms with Gasteiger partial charge in [0.15, 0.2) is 0 Å². The van der Waals surface area contributed by atoms with Crippen molar-refractivity contribution in [3.63, 3.8) is 0 Å². The van der Waals surface area contributed by atoms with Gasteiger partial charge in [-0.2, -0.15) is 0 Å². The highest BCUT2D eigenvalue weighted by Gasteiger charge is 2.19. The van der Waals surface area contributed by atoms with E-state index in [0.717, 1.165) is 16.5 Å². The van der Waals surface area contributed by atoms with Crippen LogP contribution in [0.25, 0.3) is 10.8 Å². The lowest BCUT2D eigenvalue weighted by molar-refractivity contribution is 0.455. The summed E-state index contributed by atoms with van der Waals surface area (Å²) in [5.74, 6) is 0.756. The Balaban J connectivity index is 2.70. The second kappa shape index (κ2) is 5.38. The summed E-state index contributed by atoms with van der Waals surface area (Å²) in [7, 11) is -0.303. The fourth-order valence-corrected chi connectivity index (χ4v) is 2.41. The molecule has 0 aromatic heterocycles. The summed E-state index contributed by atoms with van der Waals surface area (Å²) in [4.78, 5) is 0. The predicted molar refractivity (Wildman–Crippen MR) is 91.3 cm³/mol. The molecule has 0 fully saturated rings. The van der Waals surface area contributed by atoms with Gasteiger partial charge in [-0.3, -0.25) is 0 Å². The maximum absolute atomic E-state index is 9.18. The lowest BCUT2D eigenvalue weighted by Crippen LogP contribution is -2.13. The minimum atomic E-state index is -0.303. The molecule has 0 saturated heterocycles. The van der Waals surface area contributed by atoms with Gasteiger partial charge >= 0.3 is 7.69 Å². The molecule has 0 aliphatic carbocycles. The minimum absolute atomic E-state index is 0.0461. The lowest BCUT2D eigenvalue weighted by Gasteiger charge is -2.23. The van der Waals surface area contributed by atoms with Crippen molar-refractivity contribution in [2.45, 2.75) is 52.4 Å². The first-order chi connectivity index (χ1) is 9.63. The van der Waals surface area contributed by atoms with E-state index >= 15 is 0 Å². The van der Waals surface area contributed by atoms with Gasteiger partial charge in [0.25, 0.3) is 0 Å². The van der Waals surface area contributed by atoms with Crippen molar-refractivity contribution in [3.05, 3.63) is 41.5 Å². The van der Waals surface area contributed by atoms with Crippen LogP contribution in [-0.4, -0.2) is 12.7 Å². The summed E-state index contributed by atoms with van der Waals surface area (Å²) in [6, 6.07) is 10.8. The Bertz CT molecular complexity index is 649. The molecule has 1 N–H and O–H groups in total. The molecule has 3 heteroatoms. The second-order valence-corrected chi connectivity index (χ2v) is 7.68. The smallest absolute Gasteiger partial charge is 0.504 e. The van der Waals surface area contributed by atoms with Crippen molar-refractivity contribution >= 4 is 18.5 Å². The molecule has 0 aliphatic rings. The van der Waals surface area contributed by atoms with Gasteiger partial charge in [0.2, 0.25) is 0 Å². The number of hydrogen-bond donors (Lipinski definition) is 1. The second-order valence-electron chi connectivity index (χ2n) is 7.68.